The number of rotatable bonds is 1. The SMILES string of the molecule is [C-]#[N+]/N=C1/c2ccccc2-c2nc(-c3ccc(C#N)cc3)cnc21. The van der Waals surface area contributed by atoms with Crippen molar-refractivity contribution < 1.29 is 0 Å². The Morgan fingerprint density at radius 2 is 1.75 bits per heavy atom. The summed E-state index contributed by atoms with van der Waals surface area (Å²) in [5.41, 5.74) is 5.94. The van der Waals surface area contributed by atoms with Crippen LogP contribution in [0.5, 0.6) is 0 Å². The van der Waals surface area contributed by atoms with Crippen molar-refractivity contribution in [2.24, 2.45) is 5.10 Å². The van der Waals surface area contributed by atoms with Crippen molar-refractivity contribution in [3.05, 3.63) is 83.1 Å². The van der Waals surface area contributed by atoms with Crippen molar-refractivity contribution >= 4 is 5.71 Å². The van der Waals surface area contributed by atoms with Gasteiger partial charge >= 0.3 is 0 Å². The van der Waals surface area contributed by atoms with Crippen LogP contribution >= 0.6 is 0 Å². The van der Waals surface area contributed by atoms with Crippen molar-refractivity contribution in [3.63, 3.8) is 0 Å². The van der Waals surface area contributed by atoms with E-state index in [9.17, 15) is 0 Å². The fourth-order valence-corrected chi connectivity index (χ4v) is 2.78. The van der Waals surface area contributed by atoms with E-state index in [4.69, 9.17) is 16.8 Å². The lowest BCUT2D eigenvalue weighted by Gasteiger charge is -2.04. The summed E-state index contributed by atoms with van der Waals surface area (Å²) in [6.45, 7) is 7.03. The van der Waals surface area contributed by atoms with Crippen LogP contribution in [0.4, 0.5) is 0 Å². The van der Waals surface area contributed by atoms with E-state index in [-0.39, 0.29) is 0 Å². The van der Waals surface area contributed by atoms with Crippen LogP contribution in [0.2, 0.25) is 0 Å². The molecule has 0 fully saturated rings. The van der Waals surface area contributed by atoms with Gasteiger partial charge in [0.1, 0.15) is 5.69 Å². The average molecular weight is 307 g/mol. The molecule has 0 saturated heterocycles. The summed E-state index contributed by atoms with van der Waals surface area (Å²) in [6, 6.07) is 17.0. The Labute approximate surface area is 138 Å². The Kier molecular flexibility index (Phi) is 3.12. The molecule has 5 heteroatoms. The monoisotopic (exact) mass is 307 g/mol. The zero-order valence-corrected chi connectivity index (χ0v) is 12.4. The standard InChI is InChI=1S/C19H9N5/c1-21-24-18-15-5-3-2-4-14(15)17-19(18)22-11-16(23-17)13-8-6-12(10-20)7-9-13/h2-9,11H/b24-18-. The number of fused-ring (bicyclic) bond motifs is 3. The number of benzene rings is 2. The maximum Gasteiger partial charge on any atom is 0.181 e. The normalized spacial score (nSPS) is 13.0. The van der Waals surface area contributed by atoms with Crippen molar-refractivity contribution in [2.45, 2.75) is 0 Å². The molecule has 1 aliphatic rings. The van der Waals surface area contributed by atoms with Gasteiger partial charge in [0.05, 0.1) is 34.3 Å². The van der Waals surface area contributed by atoms with E-state index in [1.54, 1.807) is 18.3 Å². The first-order valence-corrected chi connectivity index (χ1v) is 7.24. The van der Waals surface area contributed by atoms with Gasteiger partial charge in [-0.05, 0) is 12.1 Å². The lowest BCUT2D eigenvalue weighted by atomic mass is 10.1. The third-order valence-electron chi connectivity index (χ3n) is 3.89. The minimum absolute atomic E-state index is 0.564. The Balaban J connectivity index is 1.89. The molecule has 0 atom stereocenters. The number of hydrogen-bond acceptors (Lipinski definition) is 4. The molecule has 0 saturated carbocycles. The summed E-state index contributed by atoms with van der Waals surface area (Å²) in [5, 5.41) is 12.8. The highest BCUT2D eigenvalue weighted by molar-refractivity contribution is 6.22. The predicted octanol–water partition coefficient (Wildman–Crippen LogP) is 3.67. The van der Waals surface area contributed by atoms with Gasteiger partial charge in [-0.15, -0.1) is 4.95 Å². The van der Waals surface area contributed by atoms with E-state index < -0.39 is 0 Å². The second-order valence-electron chi connectivity index (χ2n) is 5.24. The highest BCUT2D eigenvalue weighted by Gasteiger charge is 2.29. The summed E-state index contributed by atoms with van der Waals surface area (Å²) in [4.78, 5) is 12.4. The first-order valence-electron chi connectivity index (χ1n) is 7.24. The number of nitriles is 1. The molecule has 0 bridgehead atoms. The lowest BCUT2D eigenvalue weighted by molar-refractivity contribution is 1.20. The summed E-state index contributed by atoms with van der Waals surface area (Å²) in [7, 11) is 0. The van der Waals surface area contributed by atoms with E-state index in [2.05, 4.69) is 21.1 Å². The van der Waals surface area contributed by atoms with Crippen LogP contribution in [-0.2, 0) is 0 Å². The molecule has 0 unspecified atom stereocenters. The molecule has 4 rings (SSSR count). The largest absolute Gasteiger partial charge is 0.250 e. The number of aromatic nitrogens is 2. The van der Waals surface area contributed by atoms with Gasteiger partial charge < -0.3 is 0 Å². The smallest absolute Gasteiger partial charge is 0.181 e. The predicted molar refractivity (Wildman–Crippen MR) is 89.9 cm³/mol. The first kappa shape index (κ1) is 13.8. The van der Waals surface area contributed by atoms with Crippen molar-refractivity contribution in [3.8, 4) is 28.6 Å². The Morgan fingerprint density at radius 1 is 1.00 bits per heavy atom. The molecule has 2 aromatic carbocycles. The molecule has 1 aromatic heterocycles. The fourth-order valence-electron chi connectivity index (χ4n) is 2.78. The molecular weight excluding hydrogens is 298 g/mol. The van der Waals surface area contributed by atoms with Gasteiger partial charge in [0, 0.05) is 16.7 Å². The molecule has 24 heavy (non-hydrogen) atoms. The van der Waals surface area contributed by atoms with Gasteiger partial charge in [-0.1, -0.05) is 36.4 Å². The second-order valence-corrected chi connectivity index (χ2v) is 5.24. The van der Waals surface area contributed by atoms with Gasteiger partial charge in [0.25, 0.3) is 0 Å². The van der Waals surface area contributed by atoms with Gasteiger partial charge in [-0.3, -0.25) is 0 Å². The lowest BCUT2D eigenvalue weighted by Crippen LogP contribution is -2.01. The van der Waals surface area contributed by atoms with Crippen LogP contribution in [0.15, 0.2) is 59.8 Å². The van der Waals surface area contributed by atoms with Crippen LogP contribution in [0.3, 0.4) is 0 Å². The number of nitrogens with zero attached hydrogens (tertiary/aromatic N) is 5. The average Bonchev–Trinajstić information content (AvgIpc) is 2.96. The van der Waals surface area contributed by atoms with Gasteiger partial charge in [0.15, 0.2) is 5.71 Å². The Morgan fingerprint density at radius 3 is 2.46 bits per heavy atom. The molecule has 1 aliphatic carbocycles. The van der Waals surface area contributed by atoms with Crippen LogP contribution in [0.1, 0.15) is 16.8 Å². The van der Waals surface area contributed by atoms with Crippen molar-refractivity contribution in [1.82, 2.24) is 9.97 Å². The van der Waals surface area contributed by atoms with Crippen LogP contribution in [0, 0.1) is 17.9 Å². The van der Waals surface area contributed by atoms with Crippen LogP contribution in [0.25, 0.3) is 27.5 Å². The highest BCUT2D eigenvalue weighted by Crippen LogP contribution is 2.35. The van der Waals surface area contributed by atoms with Gasteiger partial charge in [0.2, 0.25) is 0 Å². The molecule has 0 N–H and O–H groups in total. The van der Waals surface area contributed by atoms with E-state index in [1.807, 2.05) is 36.4 Å². The van der Waals surface area contributed by atoms with Crippen molar-refractivity contribution in [1.29, 1.82) is 5.26 Å². The fraction of sp³-hybridized carbons (Fsp3) is 0. The van der Waals surface area contributed by atoms with E-state index in [0.717, 1.165) is 28.1 Å². The topological polar surface area (TPSA) is 66.3 Å². The molecule has 0 radical (unpaired) electrons. The highest BCUT2D eigenvalue weighted by atomic mass is 15.2. The summed E-state index contributed by atoms with van der Waals surface area (Å²) >= 11 is 0. The van der Waals surface area contributed by atoms with Crippen molar-refractivity contribution in [2.75, 3.05) is 0 Å². The quantitative estimate of drug-likeness (QED) is 0.398. The third kappa shape index (κ3) is 2.05. The van der Waals surface area contributed by atoms with E-state index >= 15 is 0 Å². The second kappa shape index (κ2) is 5.42. The molecule has 0 spiro atoms. The van der Waals surface area contributed by atoms with Gasteiger partial charge in [-0.25, -0.2) is 9.97 Å². The molecule has 1 heterocycles. The summed E-state index contributed by atoms with van der Waals surface area (Å²) in [6.07, 6.45) is 1.67. The molecular formula is C19H9N5. The maximum atomic E-state index is 8.90. The zero-order valence-electron chi connectivity index (χ0n) is 12.4. The molecule has 0 amide bonds. The molecule has 110 valence electrons. The Hall–Kier alpha value is -3.83. The van der Waals surface area contributed by atoms with Gasteiger partial charge in [-0.2, -0.15) is 11.8 Å². The Bertz CT molecular complexity index is 1070. The molecule has 0 aliphatic heterocycles. The molecule has 3 aromatic rings. The maximum absolute atomic E-state index is 8.90. The van der Waals surface area contributed by atoms with E-state index in [1.165, 1.54) is 0 Å². The summed E-state index contributed by atoms with van der Waals surface area (Å²) in [5.74, 6) is 0. The zero-order chi connectivity index (χ0) is 16.5. The molecule has 5 nitrogen and oxygen atoms in total. The van der Waals surface area contributed by atoms with E-state index in [0.29, 0.717) is 17.0 Å². The minimum atomic E-state index is 0.564. The van der Waals surface area contributed by atoms with Crippen LogP contribution in [-0.4, -0.2) is 15.7 Å². The first-order chi connectivity index (χ1) is 11.8. The minimum Gasteiger partial charge on any atom is -0.250 e. The van der Waals surface area contributed by atoms with Crippen LogP contribution < -0.4 is 0 Å². The third-order valence-corrected chi connectivity index (χ3v) is 3.89. The number of hydrogen-bond donors (Lipinski definition) is 0. The summed E-state index contributed by atoms with van der Waals surface area (Å²) < 4.78 is 0.